The molecule has 0 aliphatic carbocycles. The number of pyridine rings is 2. The monoisotopic (exact) mass is 264 g/mol. The molecular formula is C11H6Cl2N4. The summed E-state index contributed by atoms with van der Waals surface area (Å²) in [6, 6.07) is 5.46. The summed E-state index contributed by atoms with van der Waals surface area (Å²) in [6.45, 7) is 0. The van der Waals surface area contributed by atoms with E-state index in [1.807, 2.05) is 12.1 Å². The lowest BCUT2D eigenvalue weighted by Gasteiger charge is -1.92. The van der Waals surface area contributed by atoms with Crippen molar-refractivity contribution >= 4 is 34.4 Å². The first-order chi connectivity index (χ1) is 8.24. The van der Waals surface area contributed by atoms with E-state index in [0.717, 1.165) is 11.1 Å². The zero-order valence-electron chi connectivity index (χ0n) is 8.48. The fraction of sp³-hybridized carbons (Fsp3) is 0. The number of hydrogen-bond acceptors (Lipinski definition) is 3. The minimum Gasteiger partial charge on any atom is -0.336 e. The molecule has 3 aromatic heterocycles. The van der Waals surface area contributed by atoms with Gasteiger partial charge in [-0.2, -0.15) is 0 Å². The number of aromatic nitrogens is 4. The van der Waals surface area contributed by atoms with E-state index in [4.69, 9.17) is 23.2 Å². The van der Waals surface area contributed by atoms with Gasteiger partial charge in [0.05, 0.1) is 10.5 Å². The lowest BCUT2D eigenvalue weighted by atomic mass is 10.3. The summed E-state index contributed by atoms with van der Waals surface area (Å²) < 4.78 is 0. The molecule has 0 saturated carbocycles. The molecule has 3 aromatic rings. The Kier molecular flexibility index (Phi) is 2.46. The summed E-state index contributed by atoms with van der Waals surface area (Å²) in [7, 11) is 0. The standard InChI is InChI=1S/C11H6Cl2N4/c12-7-4-8-11(16-9(7)13)17-10(15-8)6-2-1-3-14-5-6/h1-5H,(H,15,16,17). The maximum Gasteiger partial charge on any atom is 0.179 e. The number of aromatic amines is 1. The van der Waals surface area contributed by atoms with Crippen LogP contribution in [0, 0.1) is 0 Å². The molecule has 0 amide bonds. The van der Waals surface area contributed by atoms with Gasteiger partial charge in [0.25, 0.3) is 0 Å². The summed E-state index contributed by atoms with van der Waals surface area (Å²) in [5, 5.41) is 0.656. The summed E-state index contributed by atoms with van der Waals surface area (Å²) in [5.74, 6) is 0.693. The van der Waals surface area contributed by atoms with Crippen LogP contribution in [0.2, 0.25) is 10.2 Å². The fourth-order valence-electron chi connectivity index (χ4n) is 1.54. The second kappa shape index (κ2) is 3.98. The third kappa shape index (κ3) is 1.85. The zero-order valence-corrected chi connectivity index (χ0v) is 10.00. The van der Waals surface area contributed by atoms with Gasteiger partial charge in [-0.1, -0.05) is 23.2 Å². The Balaban J connectivity index is 2.21. The highest BCUT2D eigenvalue weighted by Crippen LogP contribution is 2.25. The van der Waals surface area contributed by atoms with Crippen molar-refractivity contribution in [3.05, 3.63) is 40.8 Å². The van der Waals surface area contributed by atoms with Crippen LogP contribution in [0.25, 0.3) is 22.6 Å². The van der Waals surface area contributed by atoms with Crippen molar-refractivity contribution in [3.8, 4) is 11.4 Å². The highest BCUT2D eigenvalue weighted by molar-refractivity contribution is 6.41. The first kappa shape index (κ1) is 10.5. The number of nitrogens with zero attached hydrogens (tertiary/aromatic N) is 3. The van der Waals surface area contributed by atoms with Gasteiger partial charge < -0.3 is 4.98 Å². The average molecular weight is 265 g/mol. The Morgan fingerprint density at radius 2 is 2.06 bits per heavy atom. The first-order valence-corrected chi connectivity index (χ1v) is 5.62. The zero-order chi connectivity index (χ0) is 11.8. The largest absolute Gasteiger partial charge is 0.336 e. The summed E-state index contributed by atoms with van der Waals surface area (Å²) in [5.41, 5.74) is 2.18. The molecule has 0 saturated heterocycles. The second-order valence-corrected chi connectivity index (χ2v) is 4.22. The van der Waals surface area contributed by atoms with Gasteiger partial charge in [-0.3, -0.25) is 4.98 Å². The lowest BCUT2D eigenvalue weighted by molar-refractivity contribution is 1.26. The van der Waals surface area contributed by atoms with Gasteiger partial charge in [0.2, 0.25) is 0 Å². The van der Waals surface area contributed by atoms with Crippen LogP contribution in [-0.4, -0.2) is 19.9 Å². The van der Waals surface area contributed by atoms with Crippen molar-refractivity contribution in [2.75, 3.05) is 0 Å². The van der Waals surface area contributed by atoms with E-state index in [1.54, 1.807) is 18.5 Å². The topological polar surface area (TPSA) is 54.5 Å². The number of H-pyrrole nitrogens is 1. The van der Waals surface area contributed by atoms with Crippen LogP contribution in [0.4, 0.5) is 0 Å². The van der Waals surface area contributed by atoms with E-state index in [2.05, 4.69) is 19.9 Å². The SMILES string of the molecule is Clc1cc2[nH]c(-c3cccnc3)nc2nc1Cl. The maximum atomic E-state index is 5.89. The van der Waals surface area contributed by atoms with Gasteiger partial charge in [-0.25, -0.2) is 9.97 Å². The first-order valence-electron chi connectivity index (χ1n) is 4.86. The second-order valence-electron chi connectivity index (χ2n) is 3.46. The number of hydrogen-bond donors (Lipinski definition) is 1. The molecule has 84 valence electrons. The highest BCUT2D eigenvalue weighted by atomic mass is 35.5. The quantitative estimate of drug-likeness (QED) is 0.686. The molecule has 0 atom stereocenters. The molecule has 1 N–H and O–H groups in total. The Morgan fingerprint density at radius 3 is 2.82 bits per heavy atom. The highest BCUT2D eigenvalue weighted by Gasteiger charge is 2.09. The van der Waals surface area contributed by atoms with Crippen molar-refractivity contribution in [1.29, 1.82) is 0 Å². The third-order valence-electron chi connectivity index (χ3n) is 2.32. The lowest BCUT2D eigenvalue weighted by Crippen LogP contribution is -1.80. The van der Waals surface area contributed by atoms with Gasteiger partial charge in [0.15, 0.2) is 5.65 Å². The van der Waals surface area contributed by atoms with E-state index < -0.39 is 0 Å². The van der Waals surface area contributed by atoms with E-state index in [0.29, 0.717) is 16.5 Å². The minimum atomic E-state index is 0.253. The predicted octanol–water partition coefficient (Wildman–Crippen LogP) is 3.33. The molecule has 0 aliphatic heterocycles. The molecule has 0 spiro atoms. The molecule has 3 heterocycles. The van der Waals surface area contributed by atoms with Gasteiger partial charge in [0.1, 0.15) is 11.0 Å². The van der Waals surface area contributed by atoms with Crippen molar-refractivity contribution < 1.29 is 0 Å². The molecular weight excluding hydrogens is 259 g/mol. The Morgan fingerprint density at radius 1 is 1.18 bits per heavy atom. The van der Waals surface area contributed by atoms with Crippen LogP contribution in [0.3, 0.4) is 0 Å². The van der Waals surface area contributed by atoms with Crippen molar-refractivity contribution in [1.82, 2.24) is 19.9 Å². The number of fused-ring (bicyclic) bond motifs is 1. The molecule has 0 bridgehead atoms. The molecule has 17 heavy (non-hydrogen) atoms. The van der Waals surface area contributed by atoms with Crippen LogP contribution in [0.5, 0.6) is 0 Å². The van der Waals surface area contributed by atoms with Crippen LogP contribution >= 0.6 is 23.2 Å². The van der Waals surface area contributed by atoms with Crippen LogP contribution < -0.4 is 0 Å². The van der Waals surface area contributed by atoms with E-state index in [9.17, 15) is 0 Å². The number of nitrogens with one attached hydrogen (secondary N) is 1. The van der Waals surface area contributed by atoms with Gasteiger partial charge in [-0.05, 0) is 18.2 Å². The van der Waals surface area contributed by atoms with Crippen molar-refractivity contribution in [2.24, 2.45) is 0 Å². The molecule has 6 heteroatoms. The molecule has 0 aliphatic rings. The summed E-state index contributed by atoms with van der Waals surface area (Å²) >= 11 is 11.7. The van der Waals surface area contributed by atoms with Crippen molar-refractivity contribution in [2.45, 2.75) is 0 Å². The molecule has 0 radical (unpaired) electrons. The molecule has 0 unspecified atom stereocenters. The summed E-state index contributed by atoms with van der Waals surface area (Å²) in [4.78, 5) is 15.6. The summed E-state index contributed by atoms with van der Waals surface area (Å²) in [6.07, 6.45) is 3.43. The fourth-order valence-corrected chi connectivity index (χ4v) is 1.82. The normalized spacial score (nSPS) is 10.9. The predicted molar refractivity (Wildman–Crippen MR) is 67.1 cm³/mol. The van der Waals surface area contributed by atoms with Gasteiger partial charge >= 0.3 is 0 Å². The molecule has 0 aromatic carbocycles. The van der Waals surface area contributed by atoms with Crippen LogP contribution in [0.15, 0.2) is 30.6 Å². The molecule has 4 nitrogen and oxygen atoms in total. The number of imidazole rings is 1. The van der Waals surface area contributed by atoms with Gasteiger partial charge in [0, 0.05) is 18.0 Å². The minimum absolute atomic E-state index is 0.253. The van der Waals surface area contributed by atoms with E-state index >= 15 is 0 Å². The molecule has 3 rings (SSSR count). The van der Waals surface area contributed by atoms with E-state index in [1.165, 1.54) is 0 Å². The maximum absolute atomic E-state index is 5.89. The smallest absolute Gasteiger partial charge is 0.179 e. The Bertz CT molecular complexity index is 640. The van der Waals surface area contributed by atoms with E-state index in [-0.39, 0.29) is 5.15 Å². The number of halogens is 2. The third-order valence-corrected chi connectivity index (χ3v) is 2.99. The van der Waals surface area contributed by atoms with Crippen molar-refractivity contribution in [3.63, 3.8) is 0 Å². The average Bonchev–Trinajstić information content (AvgIpc) is 2.74. The van der Waals surface area contributed by atoms with Gasteiger partial charge in [-0.15, -0.1) is 0 Å². The van der Waals surface area contributed by atoms with Crippen LogP contribution in [0.1, 0.15) is 0 Å². The Hall–Kier alpha value is -1.65. The number of rotatable bonds is 1. The van der Waals surface area contributed by atoms with Crippen LogP contribution in [-0.2, 0) is 0 Å². The molecule has 0 fully saturated rings. The Labute approximate surface area is 107 Å².